The zero-order chi connectivity index (χ0) is 25.0. The van der Waals surface area contributed by atoms with E-state index in [0.29, 0.717) is 27.4 Å². The summed E-state index contributed by atoms with van der Waals surface area (Å²) in [6, 6.07) is 4.98. The number of hydrazine groups is 1. The Morgan fingerprint density at radius 2 is 1.97 bits per heavy atom. The van der Waals surface area contributed by atoms with Crippen molar-refractivity contribution in [1.29, 1.82) is 0 Å². The van der Waals surface area contributed by atoms with Crippen molar-refractivity contribution in [2.24, 2.45) is 11.3 Å². The molecule has 0 amide bonds. The fourth-order valence-corrected chi connectivity index (χ4v) is 7.59. The van der Waals surface area contributed by atoms with Crippen molar-refractivity contribution in [2.75, 3.05) is 18.0 Å². The SMILES string of the molecule is Cc1ncc(Cl)c([C@@H](C)OC2CCC3NNC(c4ccc(N5CC6(CCC(O)C6)C5)nc4)C3C2)c1Cl. The topological polar surface area (TPSA) is 82.5 Å². The first kappa shape index (κ1) is 24.8. The van der Waals surface area contributed by atoms with Crippen molar-refractivity contribution in [3.63, 3.8) is 0 Å². The molecule has 1 spiro atoms. The molecule has 3 N–H and O–H groups in total. The summed E-state index contributed by atoms with van der Waals surface area (Å²) in [5, 5.41) is 11.1. The molecule has 2 saturated carbocycles. The summed E-state index contributed by atoms with van der Waals surface area (Å²) in [5.41, 5.74) is 10.2. The van der Waals surface area contributed by atoms with Gasteiger partial charge in [0.2, 0.25) is 0 Å². The predicted octanol–water partition coefficient (Wildman–Crippen LogP) is 4.91. The van der Waals surface area contributed by atoms with Crippen molar-refractivity contribution in [3.8, 4) is 0 Å². The van der Waals surface area contributed by atoms with Crippen LogP contribution in [0.1, 0.15) is 74.4 Å². The second-order valence-electron chi connectivity index (χ2n) is 11.4. The Morgan fingerprint density at radius 1 is 1.14 bits per heavy atom. The quantitative estimate of drug-likeness (QED) is 0.505. The molecule has 2 saturated heterocycles. The smallest absolute Gasteiger partial charge is 0.128 e. The molecule has 0 bridgehead atoms. The highest BCUT2D eigenvalue weighted by molar-refractivity contribution is 6.36. The highest BCUT2D eigenvalue weighted by Crippen LogP contribution is 2.47. The van der Waals surface area contributed by atoms with Gasteiger partial charge >= 0.3 is 0 Å². The maximum atomic E-state index is 9.93. The van der Waals surface area contributed by atoms with Crippen LogP contribution in [0.3, 0.4) is 0 Å². The fourth-order valence-electron chi connectivity index (χ4n) is 6.94. The predicted molar refractivity (Wildman–Crippen MR) is 141 cm³/mol. The van der Waals surface area contributed by atoms with E-state index >= 15 is 0 Å². The Morgan fingerprint density at radius 3 is 2.69 bits per heavy atom. The lowest BCUT2D eigenvalue weighted by Gasteiger charge is -2.49. The van der Waals surface area contributed by atoms with Gasteiger partial charge in [0.1, 0.15) is 5.82 Å². The Labute approximate surface area is 222 Å². The average Bonchev–Trinajstić information content (AvgIpc) is 3.44. The van der Waals surface area contributed by atoms with Crippen LogP contribution in [0.4, 0.5) is 5.82 Å². The molecular weight excluding hydrogens is 497 g/mol. The number of hydrogen-bond acceptors (Lipinski definition) is 7. The van der Waals surface area contributed by atoms with Gasteiger partial charge in [-0.25, -0.2) is 10.4 Å². The molecule has 6 rings (SSSR count). The van der Waals surface area contributed by atoms with Gasteiger partial charge in [-0.15, -0.1) is 0 Å². The summed E-state index contributed by atoms with van der Waals surface area (Å²) >= 11 is 13.0. The lowest BCUT2D eigenvalue weighted by atomic mass is 9.78. The van der Waals surface area contributed by atoms with E-state index in [4.69, 9.17) is 32.9 Å². The molecule has 4 aliphatic rings. The molecule has 7 nitrogen and oxygen atoms in total. The van der Waals surface area contributed by atoms with E-state index in [1.807, 2.05) is 20.0 Å². The molecule has 6 atom stereocenters. The standard InChI is InChI=1S/C27H35Cl2N5O2/c1-15-25(29)24(21(28)12-30-15)16(2)36-19-4-5-22-20(9-19)26(33-32-22)17-3-6-23(31-11-17)34-13-27(14-34)8-7-18(35)10-27/h3,6,11-12,16,18-20,22,26,32-33,35H,4-5,7-10,13-14H2,1-2H3/t16-,18?,19?,20?,22?,26?/m1/s1. The highest BCUT2D eigenvalue weighted by atomic mass is 35.5. The largest absolute Gasteiger partial charge is 0.393 e. The van der Waals surface area contributed by atoms with Crippen molar-refractivity contribution in [2.45, 2.75) is 82.8 Å². The molecule has 9 heteroatoms. The number of nitrogens with one attached hydrogen (secondary N) is 2. The molecule has 4 heterocycles. The number of aliphatic hydroxyl groups is 1. The lowest BCUT2D eigenvalue weighted by molar-refractivity contribution is -0.0370. The molecule has 2 aromatic heterocycles. The minimum absolute atomic E-state index is 0.120. The first-order valence-corrected chi connectivity index (χ1v) is 13.9. The first-order chi connectivity index (χ1) is 17.3. The van der Waals surface area contributed by atoms with Crippen molar-refractivity contribution in [1.82, 2.24) is 20.8 Å². The van der Waals surface area contributed by atoms with Gasteiger partial charge in [-0.2, -0.15) is 0 Å². The number of aryl methyl sites for hydroxylation is 1. The van der Waals surface area contributed by atoms with Gasteiger partial charge in [-0.05, 0) is 69.9 Å². The summed E-state index contributed by atoms with van der Waals surface area (Å²) in [7, 11) is 0. The van der Waals surface area contributed by atoms with Crippen molar-refractivity contribution in [3.05, 3.63) is 51.4 Å². The molecular formula is C27H35Cl2N5O2. The first-order valence-electron chi connectivity index (χ1n) is 13.2. The highest BCUT2D eigenvalue weighted by Gasteiger charge is 2.48. The summed E-state index contributed by atoms with van der Waals surface area (Å²) in [5.74, 6) is 1.45. The molecule has 2 aromatic rings. The molecule has 4 fully saturated rings. The van der Waals surface area contributed by atoms with Gasteiger partial charge in [-0.1, -0.05) is 29.3 Å². The zero-order valence-corrected chi connectivity index (χ0v) is 22.4. The van der Waals surface area contributed by atoms with Gasteiger partial charge < -0.3 is 14.7 Å². The molecule has 2 aliphatic carbocycles. The van der Waals surface area contributed by atoms with Crippen LogP contribution in [-0.2, 0) is 4.74 Å². The van der Waals surface area contributed by atoms with Gasteiger partial charge in [0.15, 0.2) is 0 Å². The summed E-state index contributed by atoms with van der Waals surface area (Å²) in [4.78, 5) is 11.4. The normalized spacial score (nSPS) is 31.9. The number of nitrogens with zero attached hydrogens (tertiary/aromatic N) is 3. The van der Waals surface area contributed by atoms with Gasteiger partial charge in [-0.3, -0.25) is 10.4 Å². The van der Waals surface area contributed by atoms with Crippen LogP contribution in [0.5, 0.6) is 0 Å². The van der Waals surface area contributed by atoms with E-state index in [0.717, 1.165) is 68.7 Å². The van der Waals surface area contributed by atoms with Crippen LogP contribution in [0.25, 0.3) is 0 Å². The van der Waals surface area contributed by atoms with Crippen LogP contribution in [-0.4, -0.2) is 46.4 Å². The van der Waals surface area contributed by atoms with Crippen LogP contribution in [0.2, 0.25) is 10.0 Å². The third kappa shape index (κ3) is 4.52. The van der Waals surface area contributed by atoms with E-state index in [2.05, 4.69) is 32.9 Å². The molecule has 0 radical (unpaired) electrons. The lowest BCUT2D eigenvalue weighted by Crippen LogP contribution is -2.55. The number of anilines is 1. The molecule has 194 valence electrons. The monoisotopic (exact) mass is 531 g/mol. The number of ether oxygens (including phenoxy) is 1. The summed E-state index contributed by atoms with van der Waals surface area (Å²) in [6.07, 6.45) is 9.50. The van der Waals surface area contributed by atoms with Crippen LogP contribution in [0.15, 0.2) is 24.5 Å². The number of halogens is 2. The number of aliphatic hydroxyl groups excluding tert-OH is 1. The third-order valence-corrected chi connectivity index (χ3v) is 9.65. The fraction of sp³-hybridized carbons (Fsp3) is 0.630. The van der Waals surface area contributed by atoms with E-state index in [1.165, 1.54) is 5.56 Å². The van der Waals surface area contributed by atoms with Gasteiger partial charge in [0, 0.05) is 42.5 Å². The second kappa shape index (κ2) is 9.68. The van der Waals surface area contributed by atoms with Crippen molar-refractivity contribution >= 4 is 29.0 Å². The Kier molecular flexibility index (Phi) is 6.68. The molecule has 36 heavy (non-hydrogen) atoms. The van der Waals surface area contributed by atoms with E-state index < -0.39 is 0 Å². The molecule has 5 unspecified atom stereocenters. The van der Waals surface area contributed by atoms with Crippen LogP contribution < -0.4 is 15.8 Å². The number of fused-ring (bicyclic) bond motifs is 1. The van der Waals surface area contributed by atoms with E-state index in [1.54, 1.807) is 6.20 Å². The Bertz CT molecular complexity index is 1110. The number of pyridine rings is 2. The number of rotatable bonds is 5. The maximum absolute atomic E-state index is 9.93. The minimum atomic E-state index is -0.198. The van der Waals surface area contributed by atoms with Crippen LogP contribution in [0, 0.1) is 18.3 Å². The average molecular weight is 533 g/mol. The third-order valence-electron chi connectivity index (χ3n) is 8.87. The second-order valence-corrected chi connectivity index (χ2v) is 12.2. The number of aromatic nitrogens is 2. The van der Waals surface area contributed by atoms with E-state index in [9.17, 15) is 5.11 Å². The van der Waals surface area contributed by atoms with Crippen molar-refractivity contribution < 1.29 is 9.84 Å². The summed E-state index contributed by atoms with van der Waals surface area (Å²) in [6.45, 7) is 5.92. The van der Waals surface area contributed by atoms with Crippen LogP contribution >= 0.6 is 23.2 Å². The Hall–Kier alpha value is -1.48. The van der Waals surface area contributed by atoms with Gasteiger partial charge in [0.25, 0.3) is 0 Å². The number of hydrogen-bond donors (Lipinski definition) is 3. The molecule has 0 aromatic carbocycles. The summed E-state index contributed by atoms with van der Waals surface area (Å²) < 4.78 is 6.52. The zero-order valence-electron chi connectivity index (χ0n) is 20.9. The Balaban J connectivity index is 1.10. The van der Waals surface area contributed by atoms with E-state index in [-0.39, 0.29) is 24.4 Å². The maximum Gasteiger partial charge on any atom is 0.128 e. The molecule has 2 aliphatic heterocycles. The van der Waals surface area contributed by atoms with Gasteiger partial charge in [0.05, 0.1) is 40.1 Å². The minimum Gasteiger partial charge on any atom is -0.393 e.